The molecular weight excluding hydrogens is 336 g/mol. The molecule has 1 heterocycles. The molecule has 0 atom stereocenters. The summed E-state index contributed by atoms with van der Waals surface area (Å²) in [7, 11) is -1.76. The predicted molar refractivity (Wildman–Crippen MR) is 102 cm³/mol. The number of rotatable bonds is 16. The minimum Gasteiger partial charge on any atom is -0.365 e. The van der Waals surface area contributed by atoms with Crippen molar-refractivity contribution in [2.24, 2.45) is 7.05 Å². The summed E-state index contributed by atoms with van der Waals surface area (Å²) < 4.78 is 30.9. The third-order valence-electron chi connectivity index (χ3n) is 4.44. The van der Waals surface area contributed by atoms with Crippen LogP contribution in [0.15, 0.2) is 17.6 Å². The van der Waals surface area contributed by atoms with Crippen LogP contribution in [0.5, 0.6) is 0 Å². The Labute approximate surface area is 154 Å². The molecule has 1 aromatic rings. The van der Waals surface area contributed by atoms with Crippen LogP contribution in [0.25, 0.3) is 0 Å². The van der Waals surface area contributed by atoms with Gasteiger partial charge in [-0.05, 0) is 6.42 Å². The molecule has 6 heteroatoms. The van der Waals surface area contributed by atoms with Crippen LogP contribution in [0, 0.1) is 0 Å². The maximum atomic E-state index is 12.0. The lowest BCUT2D eigenvalue weighted by Crippen LogP contribution is -2.15. The van der Waals surface area contributed by atoms with Crippen LogP contribution < -0.4 is 0 Å². The van der Waals surface area contributed by atoms with Crippen LogP contribution in [0.1, 0.15) is 84.0 Å². The lowest BCUT2D eigenvalue weighted by Gasteiger charge is -2.06. The summed E-state index contributed by atoms with van der Waals surface area (Å²) >= 11 is 0. The number of nitrogens with zero attached hydrogens (tertiary/aromatic N) is 2. The summed E-state index contributed by atoms with van der Waals surface area (Å²) in [6, 6.07) is 0. The Morgan fingerprint density at radius 3 is 1.92 bits per heavy atom. The number of ether oxygens (including phenoxy) is 1. The third-order valence-corrected chi connectivity index (χ3v) is 5.86. The highest BCUT2D eigenvalue weighted by molar-refractivity contribution is 7.91. The van der Waals surface area contributed by atoms with Gasteiger partial charge in [0, 0.05) is 26.0 Å². The molecule has 0 aliphatic heterocycles. The highest BCUT2D eigenvalue weighted by Gasteiger charge is 2.19. The second kappa shape index (κ2) is 13.3. The third kappa shape index (κ3) is 10.00. The molecule has 5 nitrogen and oxygen atoms in total. The largest absolute Gasteiger partial charge is 0.365 e. The van der Waals surface area contributed by atoms with Crippen LogP contribution >= 0.6 is 0 Å². The van der Waals surface area contributed by atoms with E-state index in [0.29, 0.717) is 6.61 Å². The number of hydrogen-bond donors (Lipinski definition) is 0. The minimum absolute atomic E-state index is 0.0715. The van der Waals surface area contributed by atoms with Crippen molar-refractivity contribution in [3.05, 3.63) is 12.4 Å². The Kier molecular flexibility index (Phi) is 11.8. The van der Waals surface area contributed by atoms with Crippen LogP contribution in [-0.2, 0) is 21.6 Å². The standard InChI is InChI=1S/C19H36N2O3S/c1-3-4-5-6-7-8-9-10-11-12-13-14-17-24-18-25(22,23)19-20-15-16-21(19)2/h15-16H,3-14,17-18H2,1-2H3. The van der Waals surface area contributed by atoms with Gasteiger partial charge in [0.05, 0.1) is 0 Å². The lowest BCUT2D eigenvalue weighted by atomic mass is 10.1. The number of aryl methyl sites for hydroxylation is 1. The van der Waals surface area contributed by atoms with E-state index in [0.717, 1.165) is 12.8 Å². The van der Waals surface area contributed by atoms with Gasteiger partial charge < -0.3 is 9.30 Å². The number of unbranched alkanes of at least 4 members (excludes halogenated alkanes) is 11. The van der Waals surface area contributed by atoms with Crippen LogP contribution in [0.4, 0.5) is 0 Å². The predicted octanol–water partition coefficient (Wildman–Crippen LogP) is 4.87. The molecule has 1 aromatic heterocycles. The van der Waals surface area contributed by atoms with Crippen LogP contribution in [0.3, 0.4) is 0 Å². The quantitative estimate of drug-likeness (QED) is 0.388. The van der Waals surface area contributed by atoms with Crippen LogP contribution in [-0.4, -0.2) is 30.5 Å². The summed E-state index contributed by atoms with van der Waals surface area (Å²) in [5.74, 6) is -0.282. The fourth-order valence-corrected chi connectivity index (χ4v) is 4.08. The van der Waals surface area contributed by atoms with Gasteiger partial charge in [-0.2, -0.15) is 0 Å². The molecular formula is C19H36N2O3S. The minimum atomic E-state index is -3.43. The second-order valence-electron chi connectivity index (χ2n) is 6.85. The van der Waals surface area contributed by atoms with Crippen molar-refractivity contribution in [1.29, 1.82) is 0 Å². The van der Waals surface area contributed by atoms with Crippen molar-refractivity contribution in [3.63, 3.8) is 0 Å². The molecule has 0 saturated heterocycles. The summed E-state index contributed by atoms with van der Waals surface area (Å²) in [6.45, 7) is 2.76. The van der Waals surface area contributed by atoms with E-state index >= 15 is 0 Å². The Balaban J connectivity index is 1.90. The molecule has 0 spiro atoms. The van der Waals surface area contributed by atoms with Crippen molar-refractivity contribution in [2.45, 2.75) is 89.1 Å². The number of hydrogen-bond acceptors (Lipinski definition) is 4. The first-order valence-corrected chi connectivity index (χ1v) is 11.5. The highest BCUT2D eigenvalue weighted by Crippen LogP contribution is 2.12. The Bertz CT molecular complexity index is 541. The molecule has 0 saturated carbocycles. The maximum Gasteiger partial charge on any atom is 0.235 e. The molecule has 0 aliphatic rings. The van der Waals surface area contributed by atoms with Gasteiger partial charge in [-0.15, -0.1) is 0 Å². The average Bonchev–Trinajstić information content (AvgIpc) is 3.02. The molecule has 0 aliphatic carbocycles. The van der Waals surface area contributed by atoms with Crippen molar-refractivity contribution < 1.29 is 13.2 Å². The number of sulfone groups is 1. The van der Waals surface area contributed by atoms with Crippen molar-refractivity contribution in [3.8, 4) is 0 Å². The molecule has 1 rings (SSSR count). The van der Waals surface area contributed by atoms with Crippen molar-refractivity contribution in [1.82, 2.24) is 9.55 Å². The molecule has 0 N–H and O–H groups in total. The van der Waals surface area contributed by atoms with Gasteiger partial charge >= 0.3 is 0 Å². The summed E-state index contributed by atoms with van der Waals surface area (Å²) in [4.78, 5) is 3.87. The fourth-order valence-electron chi connectivity index (χ4n) is 2.92. The van der Waals surface area contributed by atoms with Gasteiger partial charge in [-0.3, -0.25) is 0 Å². The summed E-state index contributed by atoms with van der Waals surface area (Å²) in [5.41, 5.74) is 0. The monoisotopic (exact) mass is 372 g/mol. The van der Waals surface area contributed by atoms with Crippen molar-refractivity contribution in [2.75, 3.05) is 12.5 Å². The summed E-state index contributed by atoms with van der Waals surface area (Å²) in [5, 5.41) is 0.0715. The van der Waals surface area contributed by atoms with E-state index in [4.69, 9.17) is 4.74 Å². The normalized spacial score (nSPS) is 11.9. The molecule has 0 unspecified atom stereocenters. The average molecular weight is 373 g/mol. The van der Waals surface area contributed by atoms with E-state index in [-0.39, 0.29) is 11.1 Å². The fraction of sp³-hybridized carbons (Fsp3) is 0.842. The molecule has 25 heavy (non-hydrogen) atoms. The molecule has 0 fully saturated rings. The van der Waals surface area contributed by atoms with Crippen molar-refractivity contribution >= 4 is 9.84 Å². The summed E-state index contributed by atoms with van der Waals surface area (Å²) in [6.07, 6.45) is 18.6. The van der Waals surface area contributed by atoms with Gasteiger partial charge in [-0.1, -0.05) is 77.6 Å². The number of aromatic nitrogens is 2. The van der Waals surface area contributed by atoms with E-state index < -0.39 is 9.84 Å². The first-order chi connectivity index (χ1) is 12.1. The van der Waals surface area contributed by atoms with Gasteiger partial charge in [0.1, 0.15) is 0 Å². The molecule has 0 radical (unpaired) electrons. The van der Waals surface area contributed by atoms with Crippen LogP contribution in [0.2, 0.25) is 0 Å². The molecule has 0 amide bonds. The first kappa shape index (κ1) is 22.2. The van der Waals surface area contributed by atoms with Gasteiger partial charge in [0.2, 0.25) is 15.0 Å². The van der Waals surface area contributed by atoms with Gasteiger partial charge in [-0.25, -0.2) is 13.4 Å². The Hall–Kier alpha value is -0.880. The maximum absolute atomic E-state index is 12.0. The van der Waals surface area contributed by atoms with E-state index in [1.165, 1.54) is 75.0 Å². The van der Waals surface area contributed by atoms with Gasteiger partial charge in [0.25, 0.3) is 0 Å². The first-order valence-electron chi connectivity index (χ1n) is 9.85. The van der Waals surface area contributed by atoms with E-state index in [1.54, 1.807) is 13.2 Å². The second-order valence-corrected chi connectivity index (χ2v) is 8.68. The highest BCUT2D eigenvalue weighted by atomic mass is 32.2. The SMILES string of the molecule is CCCCCCCCCCCCCCOCS(=O)(=O)c1nccn1C. The zero-order chi connectivity index (χ0) is 18.4. The van der Waals surface area contributed by atoms with E-state index in [9.17, 15) is 8.42 Å². The molecule has 146 valence electrons. The molecule has 0 aromatic carbocycles. The Morgan fingerprint density at radius 1 is 0.920 bits per heavy atom. The topological polar surface area (TPSA) is 61.2 Å². The van der Waals surface area contributed by atoms with E-state index in [2.05, 4.69) is 11.9 Å². The lowest BCUT2D eigenvalue weighted by molar-refractivity contribution is 0.170. The molecule has 0 bridgehead atoms. The van der Waals surface area contributed by atoms with E-state index in [1.807, 2.05) is 0 Å². The number of imidazole rings is 1. The smallest absolute Gasteiger partial charge is 0.235 e. The zero-order valence-corrected chi connectivity index (χ0v) is 16.9. The zero-order valence-electron chi connectivity index (χ0n) is 16.1. The Morgan fingerprint density at radius 2 is 1.44 bits per heavy atom. The van der Waals surface area contributed by atoms with Gasteiger partial charge in [0.15, 0.2) is 5.94 Å².